The van der Waals surface area contributed by atoms with E-state index < -0.39 is 0 Å². The van der Waals surface area contributed by atoms with Gasteiger partial charge in [0.2, 0.25) is 0 Å². The Bertz CT molecular complexity index is 272. The Labute approximate surface area is 86.3 Å². The summed E-state index contributed by atoms with van der Waals surface area (Å²) in [5.74, 6) is -0.107. The van der Waals surface area contributed by atoms with Gasteiger partial charge in [-0.15, -0.1) is 0 Å². The van der Waals surface area contributed by atoms with E-state index in [1.165, 1.54) is 0 Å². The molecule has 6 heteroatoms. The van der Waals surface area contributed by atoms with Gasteiger partial charge >= 0.3 is 86.2 Å². The number of halogens is 1. The first-order chi connectivity index (χ1) is 6.33. The zero-order valence-electron chi connectivity index (χ0n) is 6.76. The first-order valence-corrected chi connectivity index (χ1v) is 6.04. The number of rotatable bonds is 2. The minimum absolute atomic E-state index is 0.00231. The van der Waals surface area contributed by atoms with Crippen LogP contribution in [0.15, 0.2) is 32.5 Å². The van der Waals surface area contributed by atoms with Crippen molar-refractivity contribution in [2.75, 3.05) is 0 Å². The van der Waals surface area contributed by atoms with Crippen LogP contribution in [0.2, 0.25) is 0 Å². The third-order valence-electron chi connectivity index (χ3n) is 1.19. The minimum atomic E-state index is -0.107. The van der Waals surface area contributed by atoms with Gasteiger partial charge in [0.05, 0.1) is 0 Å². The Morgan fingerprint density at radius 1 is 1.62 bits per heavy atom. The normalized spacial score (nSPS) is 23.2. The molecule has 4 N–H and O–H groups in total. The Balaban J connectivity index is 2.40. The van der Waals surface area contributed by atoms with Crippen LogP contribution in [0.4, 0.5) is 0 Å². The van der Waals surface area contributed by atoms with Crippen LogP contribution < -0.4 is 32.4 Å². The van der Waals surface area contributed by atoms with Crippen LogP contribution in [-0.4, -0.2) is 21.3 Å². The Morgan fingerprint density at radius 2 is 2.46 bits per heavy atom. The third-order valence-corrected chi connectivity index (χ3v) is 3.58. The fourth-order valence-electron chi connectivity index (χ4n) is 0.644. The summed E-state index contributed by atoms with van der Waals surface area (Å²) in [6.45, 7) is 0. The van der Waals surface area contributed by atoms with Crippen LogP contribution in [-0.2, 0) is 0 Å². The van der Waals surface area contributed by atoms with Crippen molar-refractivity contribution in [1.29, 1.82) is 0 Å². The van der Waals surface area contributed by atoms with Crippen molar-refractivity contribution in [2.24, 2.45) is 15.9 Å². The number of alkyl halides is 1. The maximum atomic E-state index is 8.27. The van der Waals surface area contributed by atoms with Crippen molar-refractivity contribution < 1.29 is 26.4 Å². The van der Waals surface area contributed by atoms with Gasteiger partial charge in [-0.2, -0.15) is 0 Å². The van der Waals surface area contributed by atoms with Gasteiger partial charge in [-0.05, 0) is 0 Å². The van der Waals surface area contributed by atoms with Crippen molar-refractivity contribution >= 4 is 12.2 Å². The molecule has 0 amide bonds. The van der Waals surface area contributed by atoms with E-state index in [9.17, 15) is 0 Å². The van der Waals surface area contributed by atoms with Crippen LogP contribution in [0, 0.1) is 0 Å². The predicted octanol–water partition coefficient (Wildman–Crippen LogP) is -3.19. The van der Waals surface area contributed by atoms with Gasteiger partial charge in [-0.1, -0.05) is 0 Å². The molecular formula is C7H10IN4O-. The topological polar surface area (TPSA) is 83.0 Å². The van der Waals surface area contributed by atoms with Crippen molar-refractivity contribution in [2.45, 2.75) is 3.92 Å². The quantitative estimate of drug-likeness (QED) is 0.165. The van der Waals surface area contributed by atoms with Gasteiger partial charge in [0.1, 0.15) is 0 Å². The molecule has 0 radical (unpaired) electrons. The first kappa shape index (κ1) is 10.2. The monoisotopic (exact) mass is 293 g/mol. The summed E-state index contributed by atoms with van der Waals surface area (Å²) in [6.07, 6.45) is 7.80. The summed E-state index contributed by atoms with van der Waals surface area (Å²) in [6, 6.07) is 0. The van der Waals surface area contributed by atoms with E-state index in [2.05, 4.69) is 20.4 Å². The molecule has 72 valence electrons. The predicted molar refractivity (Wildman–Crippen MR) is 47.1 cm³/mol. The van der Waals surface area contributed by atoms with E-state index in [-0.39, 0.29) is 27.2 Å². The zero-order chi connectivity index (χ0) is 9.52. The summed E-state index contributed by atoms with van der Waals surface area (Å²) in [4.78, 5) is 0. The van der Waals surface area contributed by atoms with Gasteiger partial charge in [-0.25, -0.2) is 0 Å². The van der Waals surface area contributed by atoms with Crippen molar-refractivity contribution in [3.8, 4) is 0 Å². The Morgan fingerprint density at radius 3 is 3.08 bits per heavy atom. The molecule has 0 aromatic carbocycles. The fourth-order valence-corrected chi connectivity index (χ4v) is 2.41. The molecule has 0 saturated carbocycles. The van der Waals surface area contributed by atoms with Crippen LogP contribution >= 0.6 is 0 Å². The number of nitrogens with two attached hydrogens (primary N) is 1. The van der Waals surface area contributed by atoms with Gasteiger partial charge in [0.15, 0.2) is 0 Å². The second kappa shape index (κ2) is 5.70. The number of allylic oxidation sites excluding steroid dienone is 3. The van der Waals surface area contributed by atoms with E-state index in [1.54, 1.807) is 11.7 Å². The molecule has 0 aliphatic carbocycles. The molecule has 0 spiro atoms. The number of guanidine groups is 1. The van der Waals surface area contributed by atoms with Crippen LogP contribution in [0.5, 0.6) is 0 Å². The van der Waals surface area contributed by atoms with Crippen LogP contribution in [0.25, 0.3) is 0 Å². The molecule has 13 heavy (non-hydrogen) atoms. The number of hydroxylamine groups is 1. The molecule has 5 nitrogen and oxygen atoms in total. The van der Waals surface area contributed by atoms with E-state index in [1.807, 2.05) is 12.2 Å². The molecule has 1 heterocycles. The number of hydrogen-bond donors (Lipinski definition) is 3. The fraction of sp³-hybridized carbons (Fsp3) is 0.143. The van der Waals surface area contributed by atoms with Crippen LogP contribution in [0.1, 0.15) is 0 Å². The van der Waals surface area contributed by atoms with E-state index in [4.69, 9.17) is 10.9 Å². The van der Waals surface area contributed by atoms with Crippen molar-refractivity contribution in [3.05, 3.63) is 22.3 Å². The summed E-state index contributed by atoms with van der Waals surface area (Å²) in [5, 5.41) is 15.5. The van der Waals surface area contributed by atoms with Gasteiger partial charge in [0, 0.05) is 0 Å². The molecule has 0 bridgehead atoms. The number of hydrogen-bond acceptors (Lipinski definition) is 3. The molecule has 1 aliphatic rings. The molecule has 0 aromatic heterocycles. The zero-order valence-corrected chi connectivity index (χ0v) is 8.92. The molecular weight excluding hydrogens is 283 g/mol. The maximum absolute atomic E-state index is 8.27. The van der Waals surface area contributed by atoms with Crippen molar-refractivity contribution in [1.82, 2.24) is 5.48 Å². The second-order valence-electron chi connectivity index (χ2n) is 2.14. The summed E-state index contributed by atoms with van der Waals surface area (Å²) in [5.41, 5.74) is 6.83. The third kappa shape index (κ3) is 4.04. The standard InChI is InChI=1S/C7H10IN4O/c9-7(12-13)11-10-5-6-3-1-2-4-8-6/h1-6,13H,(H3,9,11,12)/q-1. The van der Waals surface area contributed by atoms with E-state index >= 15 is 0 Å². The summed E-state index contributed by atoms with van der Waals surface area (Å²) < 4.78 is 2.53. The van der Waals surface area contributed by atoms with E-state index in [0.29, 0.717) is 3.92 Å². The molecule has 1 aliphatic heterocycles. The molecule has 0 fully saturated rings. The summed E-state index contributed by atoms with van der Waals surface area (Å²) >= 11 is 0.00231. The van der Waals surface area contributed by atoms with Gasteiger partial charge < -0.3 is 0 Å². The second-order valence-corrected chi connectivity index (χ2v) is 5.01. The Hall–Kier alpha value is -0.890. The van der Waals surface area contributed by atoms with Crippen LogP contribution in [0.3, 0.4) is 0 Å². The summed E-state index contributed by atoms with van der Waals surface area (Å²) in [7, 11) is 0. The molecule has 0 saturated heterocycles. The average molecular weight is 293 g/mol. The van der Waals surface area contributed by atoms with Gasteiger partial charge in [0.25, 0.3) is 0 Å². The number of nitrogens with zero attached hydrogens (tertiary/aromatic N) is 2. The molecule has 0 aromatic rings. The van der Waals surface area contributed by atoms with Crippen molar-refractivity contribution in [3.63, 3.8) is 0 Å². The first-order valence-electron chi connectivity index (χ1n) is 3.55. The number of nitrogens with one attached hydrogen (secondary N) is 1. The van der Waals surface area contributed by atoms with E-state index in [0.717, 1.165) is 0 Å². The molecule has 1 rings (SSSR count). The average Bonchev–Trinajstić information content (AvgIpc) is 2.19. The van der Waals surface area contributed by atoms with Gasteiger partial charge in [-0.3, -0.25) is 0 Å². The SMILES string of the molecule is NC(=NN=CC1C=CC=C[I-]1)NO. The Kier molecular flexibility index (Phi) is 4.47. The molecule has 1 atom stereocenters. The molecule has 1 unspecified atom stereocenters.